The van der Waals surface area contributed by atoms with Crippen LogP contribution in [0.3, 0.4) is 0 Å². The first-order chi connectivity index (χ1) is 11.2. The molecule has 1 saturated carbocycles. The molecule has 2 fully saturated rings. The Labute approximate surface area is 134 Å². The van der Waals surface area contributed by atoms with Crippen LogP contribution >= 0.6 is 0 Å². The smallest absolute Gasteiger partial charge is 0.267 e. The maximum Gasteiger partial charge on any atom is 0.267 e. The maximum absolute atomic E-state index is 12.6. The molecular weight excluding hydrogens is 296 g/mol. The minimum Gasteiger partial charge on any atom is -0.485 e. The first kappa shape index (κ1) is 14.4. The fourth-order valence-corrected chi connectivity index (χ4v) is 3.08. The summed E-state index contributed by atoms with van der Waals surface area (Å²) >= 11 is 0. The lowest BCUT2D eigenvalue weighted by molar-refractivity contribution is -0.146. The number of benzene rings is 1. The van der Waals surface area contributed by atoms with E-state index in [9.17, 15) is 9.59 Å². The lowest BCUT2D eigenvalue weighted by Crippen LogP contribution is -2.55. The quantitative estimate of drug-likeness (QED) is 0.814. The maximum atomic E-state index is 12.6. The number of para-hydroxylation sites is 2. The Balaban J connectivity index is 1.34. The highest BCUT2D eigenvalue weighted by atomic mass is 16.6. The predicted octanol–water partition coefficient (Wildman–Crippen LogP) is 0.907. The molecule has 2 heterocycles. The second-order valence-corrected chi connectivity index (χ2v) is 6.29. The molecule has 1 saturated heterocycles. The van der Waals surface area contributed by atoms with Crippen molar-refractivity contribution < 1.29 is 19.1 Å². The Morgan fingerprint density at radius 2 is 1.52 bits per heavy atom. The molecule has 6 heteroatoms. The monoisotopic (exact) mass is 316 g/mol. The second-order valence-electron chi connectivity index (χ2n) is 6.29. The average molecular weight is 316 g/mol. The van der Waals surface area contributed by atoms with Gasteiger partial charge in [0.2, 0.25) is 12.0 Å². The molecular formula is C17H20N2O4. The van der Waals surface area contributed by atoms with Crippen LogP contribution in [-0.4, -0.2) is 60.5 Å². The SMILES string of the molecule is O=C(C1CC1)N1CCN(C(=O)[C@@H]2COc3ccccc3O2)CC1. The van der Waals surface area contributed by atoms with E-state index in [1.54, 1.807) is 11.0 Å². The van der Waals surface area contributed by atoms with Crippen molar-refractivity contribution in [3.63, 3.8) is 0 Å². The van der Waals surface area contributed by atoms with Crippen LogP contribution in [0.15, 0.2) is 24.3 Å². The van der Waals surface area contributed by atoms with E-state index < -0.39 is 6.10 Å². The third-order valence-electron chi connectivity index (χ3n) is 4.61. The number of nitrogens with zero attached hydrogens (tertiary/aromatic N) is 2. The van der Waals surface area contributed by atoms with Gasteiger partial charge in [0.15, 0.2) is 11.5 Å². The van der Waals surface area contributed by atoms with E-state index in [-0.39, 0.29) is 24.3 Å². The number of hydrogen-bond acceptors (Lipinski definition) is 4. The molecule has 4 rings (SSSR count). The largest absolute Gasteiger partial charge is 0.485 e. The summed E-state index contributed by atoms with van der Waals surface area (Å²) < 4.78 is 11.4. The number of ether oxygens (including phenoxy) is 2. The van der Waals surface area contributed by atoms with Crippen LogP contribution in [-0.2, 0) is 9.59 Å². The highest BCUT2D eigenvalue weighted by Gasteiger charge is 2.37. The van der Waals surface area contributed by atoms with Gasteiger partial charge >= 0.3 is 0 Å². The zero-order chi connectivity index (χ0) is 15.8. The number of carbonyl (C=O) groups excluding carboxylic acids is 2. The van der Waals surface area contributed by atoms with Crippen LogP contribution in [0.25, 0.3) is 0 Å². The number of hydrogen-bond donors (Lipinski definition) is 0. The lowest BCUT2D eigenvalue weighted by Gasteiger charge is -2.37. The van der Waals surface area contributed by atoms with Crippen molar-refractivity contribution in [3.8, 4) is 11.5 Å². The van der Waals surface area contributed by atoms with Crippen molar-refractivity contribution in [2.24, 2.45) is 5.92 Å². The summed E-state index contributed by atoms with van der Waals surface area (Å²) in [6, 6.07) is 7.37. The van der Waals surface area contributed by atoms with Gasteiger partial charge in [0.1, 0.15) is 6.61 Å². The Hall–Kier alpha value is -2.24. The summed E-state index contributed by atoms with van der Waals surface area (Å²) in [6.45, 7) is 2.60. The topological polar surface area (TPSA) is 59.1 Å². The minimum atomic E-state index is -0.601. The van der Waals surface area contributed by atoms with Crippen LogP contribution in [0.2, 0.25) is 0 Å². The van der Waals surface area contributed by atoms with E-state index in [2.05, 4.69) is 0 Å². The molecule has 0 bridgehead atoms. The summed E-state index contributed by atoms with van der Waals surface area (Å²) in [5.74, 6) is 1.72. The van der Waals surface area contributed by atoms with Gasteiger partial charge in [0, 0.05) is 32.1 Å². The molecule has 3 aliphatic rings. The van der Waals surface area contributed by atoms with Gasteiger partial charge in [-0.15, -0.1) is 0 Å². The standard InChI is InChI=1S/C17H20N2O4/c20-16(12-5-6-12)18-7-9-19(10-8-18)17(21)15-11-22-13-3-1-2-4-14(13)23-15/h1-4,12,15H,5-11H2/t15-/m0/s1. The summed E-state index contributed by atoms with van der Waals surface area (Å²) in [7, 11) is 0. The van der Waals surface area contributed by atoms with Gasteiger partial charge in [-0.1, -0.05) is 12.1 Å². The fraction of sp³-hybridized carbons (Fsp3) is 0.529. The molecule has 0 N–H and O–H groups in total. The van der Waals surface area contributed by atoms with E-state index in [1.807, 2.05) is 23.1 Å². The van der Waals surface area contributed by atoms with Crippen LogP contribution in [0, 0.1) is 5.92 Å². The molecule has 1 aliphatic carbocycles. The molecule has 2 aliphatic heterocycles. The van der Waals surface area contributed by atoms with E-state index in [0.717, 1.165) is 12.8 Å². The highest BCUT2D eigenvalue weighted by molar-refractivity contribution is 5.83. The van der Waals surface area contributed by atoms with Gasteiger partial charge in [-0.25, -0.2) is 0 Å². The molecule has 122 valence electrons. The number of fused-ring (bicyclic) bond motifs is 1. The van der Waals surface area contributed by atoms with Gasteiger partial charge in [-0.05, 0) is 25.0 Å². The number of amides is 2. The van der Waals surface area contributed by atoms with E-state index in [0.29, 0.717) is 37.7 Å². The molecule has 0 unspecified atom stereocenters. The zero-order valence-electron chi connectivity index (χ0n) is 12.9. The predicted molar refractivity (Wildman–Crippen MR) is 82.2 cm³/mol. The molecule has 1 aromatic carbocycles. The molecule has 1 aromatic rings. The lowest BCUT2D eigenvalue weighted by atomic mass is 10.2. The normalized spacial score (nSPS) is 23.6. The van der Waals surface area contributed by atoms with Crippen LogP contribution < -0.4 is 9.47 Å². The minimum absolute atomic E-state index is 0.0574. The van der Waals surface area contributed by atoms with Crippen LogP contribution in [0.5, 0.6) is 11.5 Å². The van der Waals surface area contributed by atoms with E-state index in [4.69, 9.17) is 9.47 Å². The van der Waals surface area contributed by atoms with Crippen molar-refractivity contribution in [3.05, 3.63) is 24.3 Å². The fourth-order valence-electron chi connectivity index (χ4n) is 3.08. The molecule has 2 amide bonds. The Morgan fingerprint density at radius 1 is 0.913 bits per heavy atom. The number of piperazine rings is 1. The summed E-state index contributed by atoms with van der Waals surface area (Å²) in [5, 5.41) is 0. The van der Waals surface area contributed by atoms with Crippen LogP contribution in [0.1, 0.15) is 12.8 Å². The Bertz CT molecular complexity index is 621. The summed E-state index contributed by atoms with van der Waals surface area (Å²) in [5.41, 5.74) is 0. The van der Waals surface area contributed by atoms with Gasteiger partial charge < -0.3 is 19.3 Å². The molecule has 1 atom stereocenters. The van der Waals surface area contributed by atoms with E-state index in [1.165, 1.54) is 0 Å². The molecule has 6 nitrogen and oxygen atoms in total. The van der Waals surface area contributed by atoms with Gasteiger partial charge in [-0.2, -0.15) is 0 Å². The van der Waals surface area contributed by atoms with Gasteiger partial charge in [0.05, 0.1) is 0 Å². The molecule has 0 aromatic heterocycles. The number of rotatable bonds is 2. The molecule has 0 radical (unpaired) electrons. The van der Waals surface area contributed by atoms with Crippen molar-refractivity contribution in [2.45, 2.75) is 18.9 Å². The second kappa shape index (κ2) is 5.76. The van der Waals surface area contributed by atoms with Gasteiger partial charge in [-0.3, -0.25) is 9.59 Å². The van der Waals surface area contributed by atoms with Crippen molar-refractivity contribution in [1.82, 2.24) is 9.80 Å². The summed E-state index contributed by atoms with van der Waals surface area (Å²) in [4.78, 5) is 28.3. The number of carbonyl (C=O) groups is 2. The molecule has 0 spiro atoms. The first-order valence-corrected chi connectivity index (χ1v) is 8.18. The zero-order valence-corrected chi connectivity index (χ0v) is 12.9. The Kier molecular flexibility index (Phi) is 3.59. The average Bonchev–Trinajstić information content (AvgIpc) is 3.45. The Morgan fingerprint density at radius 3 is 2.17 bits per heavy atom. The summed E-state index contributed by atoms with van der Waals surface area (Å²) in [6.07, 6.45) is 1.44. The van der Waals surface area contributed by atoms with Crippen LogP contribution in [0.4, 0.5) is 0 Å². The van der Waals surface area contributed by atoms with Crippen molar-refractivity contribution in [1.29, 1.82) is 0 Å². The first-order valence-electron chi connectivity index (χ1n) is 8.18. The third kappa shape index (κ3) is 2.85. The van der Waals surface area contributed by atoms with Crippen molar-refractivity contribution in [2.75, 3.05) is 32.8 Å². The van der Waals surface area contributed by atoms with E-state index >= 15 is 0 Å². The van der Waals surface area contributed by atoms with Gasteiger partial charge in [0.25, 0.3) is 5.91 Å². The third-order valence-corrected chi connectivity index (χ3v) is 4.61. The van der Waals surface area contributed by atoms with Crippen molar-refractivity contribution >= 4 is 11.8 Å². The molecule has 23 heavy (non-hydrogen) atoms. The highest BCUT2D eigenvalue weighted by Crippen LogP contribution is 2.32.